The highest BCUT2D eigenvalue weighted by atomic mass is 35.5. The van der Waals surface area contributed by atoms with E-state index in [1.807, 2.05) is 70.3 Å². The second kappa shape index (κ2) is 15.0. The van der Waals surface area contributed by atoms with Crippen molar-refractivity contribution in [3.8, 4) is 0 Å². The lowest BCUT2D eigenvalue weighted by atomic mass is 9.32. The SMILES string of the molecule is C=C(C)[C@@H]1CC[C@]2(COC(=O)C[n+]3ccccc3)CC[C@]3(C)C(CCC4[C@@]5(C)CC[C@H](OC(=O)C[n+]6ccccc6)C(C)(C)C5CC[C@]43C)C12.[Cl-].[Cl-]. The summed E-state index contributed by atoms with van der Waals surface area (Å²) in [4.78, 5) is 26.3. The highest BCUT2D eigenvalue weighted by Gasteiger charge is 2.71. The number of aromatic nitrogens is 2. The van der Waals surface area contributed by atoms with Crippen LogP contribution >= 0.6 is 0 Å². The molecule has 6 nitrogen and oxygen atoms in total. The summed E-state index contributed by atoms with van der Waals surface area (Å²) < 4.78 is 16.4. The van der Waals surface area contributed by atoms with E-state index in [0.29, 0.717) is 36.2 Å². The van der Waals surface area contributed by atoms with Gasteiger partial charge >= 0.3 is 11.9 Å². The Morgan fingerprint density at radius 3 is 1.92 bits per heavy atom. The summed E-state index contributed by atoms with van der Waals surface area (Å²) in [6.07, 6.45) is 19.3. The first-order valence-electron chi connectivity index (χ1n) is 19.6. The molecule has 2 heterocycles. The third-order valence-corrected chi connectivity index (χ3v) is 16.2. The lowest BCUT2D eigenvalue weighted by Crippen LogP contribution is -3.00. The van der Waals surface area contributed by atoms with E-state index in [1.165, 1.54) is 37.7 Å². The van der Waals surface area contributed by atoms with Crippen LogP contribution in [0.4, 0.5) is 0 Å². The Bertz CT molecular complexity index is 1600. The number of hydrogen-bond donors (Lipinski definition) is 0. The minimum atomic E-state index is -0.133. The number of carbonyl (C=O) groups is 2. The fourth-order valence-electron chi connectivity index (χ4n) is 13.6. The summed E-state index contributed by atoms with van der Waals surface area (Å²) in [5.41, 5.74) is 1.94. The van der Waals surface area contributed by atoms with Crippen molar-refractivity contribution in [3.05, 3.63) is 73.3 Å². The van der Waals surface area contributed by atoms with Gasteiger partial charge < -0.3 is 34.3 Å². The van der Waals surface area contributed by atoms with E-state index >= 15 is 0 Å². The number of carbonyl (C=O) groups excluding carboxylic acids is 2. The van der Waals surface area contributed by atoms with Gasteiger partial charge in [0.25, 0.3) is 0 Å². The summed E-state index contributed by atoms with van der Waals surface area (Å²) >= 11 is 0. The molecule has 52 heavy (non-hydrogen) atoms. The van der Waals surface area contributed by atoms with Gasteiger partial charge in [0.15, 0.2) is 24.8 Å². The minimum Gasteiger partial charge on any atom is -1.00 e. The molecule has 0 radical (unpaired) electrons. The van der Waals surface area contributed by atoms with Gasteiger partial charge in [-0.2, -0.15) is 9.13 Å². The topological polar surface area (TPSA) is 60.4 Å². The standard InChI is InChI=1S/C44H62N2O4.2ClH/c1-31(2)32-16-21-44(30-49-37(47)28-45-24-10-8-11-25-45)23-22-42(6)33(39(32)44)14-15-35-41(5)19-18-36(40(3,4)34(41)17-20-43(35,42)7)50-38(48)29-46-26-12-9-13-27-46;;/h8-13,24-27,32-36,39H,1,14-23,28-30H2,2-7H3;2*1H/q+2;;/p-2/t32-,33?,34?,35?,36-,39?,41-,42+,43+,44+;;/m0../s1. The van der Waals surface area contributed by atoms with Gasteiger partial charge in [0.1, 0.15) is 6.10 Å². The third kappa shape index (κ3) is 6.65. The molecular weight excluding hydrogens is 691 g/mol. The third-order valence-electron chi connectivity index (χ3n) is 16.2. The van der Waals surface area contributed by atoms with Crippen molar-refractivity contribution < 1.29 is 53.0 Å². The number of rotatable bonds is 8. The zero-order chi connectivity index (χ0) is 35.5. The van der Waals surface area contributed by atoms with Gasteiger partial charge in [0, 0.05) is 35.1 Å². The van der Waals surface area contributed by atoms with Gasteiger partial charge in [-0.1, -0.05) is 58.9 Å². The van der Waals surface area contributed by atoms with Crippen molar-refractivity contribution in [1.82, 2.24) is 0 Å². The molecule has 8 heteroatoms. The van der Waals surface area contributed by atoms with E-state index in [-0.39, 0.29) is 83.0 Å². The molecule has 2 aromatic rings. The Labute approximate surface area is 325 Å². The molecule has 4 unspecified atom stereocenters. The molecule has 5 fully saturated rings. The van der Waals surface area contributed by atoms with Gasteiger partial charge in [-0.3, -0.25) is 0 Å². The van der Waals surface area contributed by atoms with Crippen LogP contribution in [0.15, 0.2) is 73.3 Å². The Balaban J connectivity index is 0.00000261. The second-order valence-electron chi connectivity index (χ2n) is 18.6. The number of nitrogens with zero attached hydrogens (tertiary/aromatic N) is 2. The summed E-state index contributed by atoms with van der Waals surface area (Å²) in [5.74, 6) is 2.50. The van der Waals surface area contributed by atoms with Crippen molar-refractivity contribution in [2.45, 2.75) is 125 Å². The zero-order valence-electron chi connectivity index (χ0n) is 32.4. The largest absolute Gasteiger partial charge is 1.00 e. The monoisotopic (exact) mass is 752 g/mol. The molecule has 0 N–H and O–H groups in total. The van der Waals surface area contributed by atoms with E-state index < -0.39 is 0 Å². The molecule has 5 saturated carbocycles. The summed E-state index contributed by atoms with van der Waals surface area (Å²) in [5, 5.41) is 0. The van der Waals surface area contributed by atoms with Crippen LogP contribution in [0, 0.1) is 56.7 Å². The second-order valence-corrected chi connectivity index (χ2v) is 18.6. The van der Waals surface area contributed by atoms with Crippen molar-refractivity contribution in [1.29, 1.82) is 0 Å². The molecule has 0 aromatic carbocycles. The smallest absolute Gasteiger partial charge is 0.372 e. The Kier molecular flexibility index (Phi) is 11.8. The normalized spacial score (nSPS) is 38.4. The fraction of sp³-hybridized carbons (Fsp3) is 0.682. The van der Waals surface area contributed by atoms with E-state index in [0.717, 1.165) is 32.1 Å². The number of halogens is 2. The molecule has 0 spiro atoms. The molecule has 10 atom stereocenters. The number of allylic oxidation sites excluding steroid dienone is 1. The first kappa shape index (κ1) is 40.7. The van der Waals surface area contributed by atoms with Crippen molar-refractivity contribution in [2.24, 2.45) is 56.7 Å². The maximum absolute atomic E-state index is 13.2. The van der Waals surface area contributed by atoms with Crippen LogP contribution in [0.1, 0.15) is 106 Å². The molecule has 5 aliphatic rings. The van der Waals surface area contributed by atoms with Crippen LogP contribution in [0.5, 0.6) is 0 Å². The van der Waals surface area contributed by atoms with Crippen LogP contribution in [-0.4, -0.2) is 24.6 Å². The van der Waals surface area contributed by atoms with E-state index in [2.05, 4.69) is 48.1 Å². The predicted molar refractivity (Wildman–Crippen MR) is 193 cm³/mol. The average Bonchev–Trinajstić information content (AvgIpc) is 3.47. The first-order chi connectivity index (χ1) is 23.7. The van der Waals surface area contributed by atoms with Crippen LogP contribution in [0.2, 0.25) is 0 Å². The summed E-state index contributed by atoms with van der Waals surface area (Å²) in [6, 6.07) is 11.8. The molecule has 2 aromatic heterocycles. The van der Waals surface area contributed by atoms with E-state index in [9.17, 15) is 9.59 Å². The van der Waals surface area contributed by atoms with Crippen molar-refractivity contribution in [3.63, 3.8) is 0 Å². The first-order valence-corrected chi connectivity index (χ1v) is 19.6. The molecule has 0 aliphatic heterocycles. The average molecular weight is 754 g/mol. The minimum absolute atomic E-state index is 0. The molecule has 7 rings (SSSR count). The van der Waals surface area contributed by atoms with Gasteiger partial charge in [0.05, 0.1) is 6.61 Å². The zero-order valence-corrected chi connectivity index (χ0v) is 33.9. The molecule has 0 amide bonds. The Hall–Kier alpha value is -2.44. The highest BCUT2D eigenvalue weighted by molar-refractivity contribution is 5.68. The van der Waals surface area contributed by atoms with Gasteiger partial charge in [-0.25, -0.2) is 9.59 Å². The predicted octanol–water partition coefficient (Wildman–Crippen LogP) is 2.08. The van der Waals surface area contributed by atoms with Crippen LogP contribution < -0.4 is 33.9 Å². The van der Waals surface area contributed by atoms with Gasteiger partial charge in [0.2, 0.25) is 13.1 Å². The lowest BCUT2D eigenvalue weighted by molar-refractivity contribution is -0.686. The van der Waals surface area contributed by atoms with Crippen molar-refractivity contribution in [2.75, 3.05) is 6.61 Å². The van der Waals surface area contributed by atoms with E-state index in [1.54, 1.807) is 0 Å². The molecule has 0 bridgehead atoms. The van der Waals surface area contributed by atoms with Gasteiger partial charge in [-0.15, -0.1) is 0 Å². The summed E-state index contributed by atoms with van der Waals surface area (Å²) in [6.45, 7) is 20.6. The molecule has 286 valence electrons. The number of ether oxygens (including phenoxy) is 2. The van der Waals surface area contributed by atoms with Crippen LogP contribution in [0.3, 0.4) is 0 Å². The molecule has 0 saturated heterocycles. The molecular formula is C44H62Cl2N2O4. The number of pyridine rings is 2. The summed E-state index contributed by atoms with van der Waals surface area (Å²) in [7, 11) is 0. The molecule has 5 aliphatic carbocycles. The lowest BCUT2D eigenvalue weighted by Gasteiger charge is -2.73. The quantitative estimate of drug-likeness (QED) is 0.236. The number of fused-ring (bicyclic) bond motifs is 7. The van der Waals surface area contributed by atoms with Gasteiger partial charge in [-0.05, 0) is 117 Å². The number of hydrogen-bond acceptors (Lipinski definition) is 4. The fourth-order valence-corrected chi connectivity index (χ4v) is 13.6. The highest BCUT2D eigenvalue weighted by Crippen LogP contribution is 2.77. The Morgan fingerprint density at radius 1 is 0.692 bits per heavy atom. The van der Waals surface area contributed by atoms with E-state index in [4.69, 9.17) is 9.47 Å². The van der Waals surface area contributed by atoms with Crippen LogP contribution in [0.25, 0.3) is 0 Å². The Morgan fingerprint density at radius 2 is 1.31 bits per heavy atom. The maximum Gasteiger partial charge on any atom is 0.372 e. The maximum atomic E-state index is 13.2. The van der Waals surface area contributed by atoms with Crippen molar-refractivity contribution >= 4 is 11.9 Å². The van der Waals surface area contributed by atoms with Crippen LogP contribution in [-0.2, 0) is 32.2 Å². The number of esters is 2.